The summed E-state index contributed by atoms with van der Waals surface area (Å²) in [6.45, 7) is 3.12. The van der Waals surface area contributed by atoms with Gasteiger partial charge in [-0.2, -0.15) is 5.10 Å². The minimum Gasteiger partial charge on any atom is -0.356 e. The number of nitrogens with zero attached hydrogens (tertiary/aromatic N) is 6. The number of nitrogens with one attached hydrogen (secondary N) is 1. The number of fused-ring (bicyclic) bond motifs is 1. The van der Waals surface area contributed by atoms with Crippen molar-refractivity contribution in [3.05, 3.63) is 30.7 Å². The minimum absolute atomic E-state index is 0.00158. The molecule has 4 heterocycles. The maximum Gasteiger partial charge on any atom is 0.230 e. The molecule has 4 rings (SSSR count). The first-order valence-electron chi connectivity index (χ1n) is 10.1. The van der Waals surface area contributed by atoms with Gasteiger partial charge in [0.25, 0.3) is 0 Å². The summed E-state index contributed by atoms with van der Waals surface area (Å²) >= 11 is 3.04. The van der Waals surface area contributed by atoms with Gasteiger partial charge < -0.3 is 10.2 Å². The first-order chi connectivity index (χ1) is 14.7. The SMILES string of the molecule is CSc1nc(N2CCCCC2)c2cnn(CCNC(=O)CSc3ccncc3)c2n1. The van der Waals surface area contributed by atoms with Gasteiger partial charge in [0, 0.05) is 36.9 Å². The van der Waals surface area contributed by atoms with Crippen LogP contribution in [0, 0.1) is 0 Å². The highest BCUT2D eigenvalue weighted by atomic mass is 32.2. The quantitative estimate of drug-likeness (QED) is 0.420. The summed E-state index contributed by atoms with van der Waals surface area (Å²) in [5.74, 6) is 1.36. The minimum atomic E-state index is 0.00158. The van der Waals surface area contributed by atoms with Gasteiger partial charge in [-0.15, -0.1) is 11.8 Å². The lowest BCUT2D eigenvalue weighted by Crippen LogP contribution is -2.30. The number of hydrogen-bond donors (Lipinski definition) is 1. The smallest absolute Gasteiger partial charge is 0.230 e. The van der Waals surface area contributed by atoms with Crippen LogP contribution >= 0.6 is 23.5 Å². The molecule has 0 spiro atoms. The summed E-state index contributed by atoms with van der Waals surface area (Å²) in [6, 6.07) is 3.80. The number of piperidine rings is 1. The average molecular weight is 444 g/mol. The van der Waals surface area contributed by atoms with Gasteiger partial charge in [-0.1, -0.05) is 11.8 Å². The Morgan fingerprint density at radius 3 is 2.73 bits per heavy atom. The first-order valence-corrected chi connectivity index (χ1v) is 12.3. The van der Waals surface area contributed by atoms with E-state index in [1.54, 1.807) is 24.2 Å². The number of carbonyl (C=O) groups excluding carboxylic acids is 1. The van der Waals surface area contributed by atoms with E-state index < -0.39 is 0 Å². The van der Waals surface area contributed by atoms with Crippen molar-refractivity contribution in [1.82, 2.24) is 30.0 Å². The number of aromatic nitrogens is 5. The van der Waals surface area contributed by atoms with Gasteiger partial charge in [0.15, 0.2) is 10.8 Å². The molecule has 0 bridgehead atoms. The molecule has 8 nitrogen and oxygen atoms in total. The number of hydrogen-bond acceptors (Lipinski definition) is 8. The summed E-state index contributed by atoms with van der Waals surface area (Å²) < 4.78 is 1.86. The molecule has 0 aromatic carbocycles. The number of amides is 1. The topological polar surface area (TPSA) is 88.8 Å². The van der Waals surface area contributed by atoms with E-state index in [1.807, 2.05) is 29.3 Å². The Labute approximate surface area is 184 Å². The highest BCUT2D eigenvalue weighted by Gasteiger charge is 2.19. The van der Waals surface area contributed by atoms with Crippen LogP contribution in [0.5, 0.6) is 0 Å². The lowest BCUT2D eigenvalue weighted by Gasteiger charge is -2.28. The van der Waals surface area contributed by atoms with E-state index in [9.17, 15) is 4.79 Å². The molecule has 158 valence electrons. The second kappa shape index (κ2) is 10.1. The number of anilines is 1. The predicted molar refractivity (Wildman–Crippen MR) is 121 cm³/mol. The molecule has 1 aliphatic heterocycles. The normalized spacial score (nSPS) is 14.2. The Bertz CT molecular complexity index is 989. The number of pyridine rings is 1. The molecular formula is C20H25N7OS2. The molecule has 1 saturated heterocycles. The molecule has 0 saturated carbocycles. The van der Waals surface area contributed by atoms with Crippen molar-refractivity contribution in [1.29, 1.82) is 0 Å². The van der Waals surface area contributed by atoms with Crippen LogP contribution in [-0.4, -0.2) is 62.3 Å². The van der Waals surface area contributed by atoms with E-state index in [-0.39, 0.29) is 5.91 Å². The second-order valence-corrected chi connectivity index (χ2v) is 8.83. The van der Waals surface area contributed by atoms with Gasteiger partial charge in [-0.25, -0.2) is 14.6 Å². The van der Waals surface area contributed by atoms with Gasteiger partial charge in [0.05, 0.1) is 23.9 Å². The molecule has 0 atom stereocenters. The fourth-order valence-corrected chi connectivity index (χ4v) is 4.53. The van der Waals surface area contributed by atoms with Crippen LogP contribution in [0.4, 0.5) is 5.82 Å². The van der Waals surface area contributed by atoms with Crippen LogP contribution in [-0.2, 0) is 11.3 Å². The summed E-state index contributed by atoms with van der Waals surface area (Å²) in [7, 11) is 0. The molecule has 1 N–H and O–H groups in total. The fraction of sp³-hybridized carbons (Fsp3) is 0.450. The molecule has 1 amide bonds. The number of rotatable bonds is 8. The Balaban J connectivity index is 1.40. The molecule has 10 heteroatoms. The second-order valence-electron chi connectivity index (χ2n) is 7.01. The van der Waals surface area contributed by atoms with Crippen molar-refractivity contribution in [3.8, 4) is 0 Å². The molecule has 1 fully saturated rings. The average Bonchev–Trinajstić information content (AvgIpc) is 3.21. The van der Waals surface area contributed by atoms with Gasteiger partial charge in [-0.3, -0.25) is 9.78 Å². The van der Waals surface area contributed by atoms with Crippen molar-refractivity contribution in [3.63, 3.8) is 0 Å². The van der Waals surface area contributed by atoms with Crippen LogP contribution in [0.15, 0.2) is 40.8 Å². The molecule has 0 aliphatic carbocycles. The van der Waals surface area contributed by atoms with E-state index in [0.717, 1.165) is 40.0 Å². The van der Waals surface area contributed by atoms with Crippen LogP contribution in [0.25, 0.3) is 11.0 Å². The van der Waals surface area contributed by atoms with Gasteiger partial charge >= 0.3 is 0 Å². The molecule has 30 heavy (non-hydrogen) atoms. The fourth-order valence-electron chi connectivity index (χ4n) is 3.46. The summed E-state index contributed by atoms with van der Waals surface area (Å²) in [5, 5.41) is 9.23. The summed E-state index contributed by atoms with van der Waals surface area (Å²) in [6.07, 6.45) is 11.0. The summed E-state index contributed by atoms with van der Waals surface area (Å²) in [4.78, 5) is 29.0. The lowest BCUT2D eigenvalue weighted by molar-refractivity contribution is -0.118. The number of thioether (sulfide) groups is 2. The van der Waals surface area contributed by atoms with Crippen molar-refractivity contribution in [2.45, 2.75) is 35.9 Å². The van der Waals surface area contributed by atoms with Crippen LogP contribution in [0.1, 0.15) is 19.3 Å². The Kier molecular flexibility index (Phi) is 7.06. The van der Waals surface area contributed by atoms with Crippen molar-refractivity contribution in [2.24, 2.45) is 0 Å². The number of carbonyl (C=O) groups is 1. The largest absolute Gasteiger partial charge is 0.356 e. The van der Waals surface area contributed by atoms with Crippen LogP contribution in [0.2, 0.25) is 0 Å². The molecule has 3 aromatic rings. The third kappa shape index (κ3) is 5.04. The van der Waals surface area contributed by atoms with Gasteiger partial charge in [0.1, 0.15) is 5.82 Å². The lowest BCUT2D eigenvalue weighted by atomic mass is 10.1. The Hall–Kier alpha value is -2.33. The molecule has 0 radical (unpaired) electrons. The predicted octanol–water partition coefficient (Wildman–Crippen LogP) is 2.84. The zero-order valence-corrected chi connectivity index (χ0v) is 18.6. The highest BCUT2D eigenvalue weighted by molar-refractivity contribution is 8.00. The van der Waals surface area contributed by atoms with Crippen molar-refractivity contribution in [2.75, 3.05) is 36.5 Å². The monoisotopic (exact) mass is 443 g/mol. The maximum absolute atomic E-state index is 12.2. The molecule has 3 aromatic heterocycles. The summed E-state index contributed by atoms with van der Waals surface area (Å²) in [5.41, 5.74) is 0.829. The van der Waals surface area contributed by atoms with E-state index in [4.69, 9.17) is 4.98 Å². The molecule has 1 aliphatic rings. The zero-order chi connectivity index (χ0) is 20.8. The van der Waals surface area contributed by atoms with Gasteiger partial charge in [0.2, 0.25) is 5.91 Å². The molecule has 0 unspecified atom stereocenters. The Morgan fingerprint density at radius 1 is 1.17 bits per heavy atom. The van der Waals surface area contributed by atoms with Crippen molar-refractivity contribution >= 4 is 46.3 Å². The third-order valence-electron chi connectivity index (χ3n) is 4.96. The maximum atomic E-state index is 12.2. The van der Waals surface area contributed by atoms with E-state index >= 15 is 0 Å². The zero-order valence-electron chi connectivity index (χ0n) is 17.0. The van der Waals surface area contributed by atoms with Crippen LogP contribution in [0.3, 0.4) is 0 Å². The van der Waals surface area contributed by atoms with Crippen LogP contribution < -0.4 is 10.2 Å². The van der Waals surface area contributed by atoms with Crippen molar-refractivity contribution < 1.29 is 4.79 Å². The standard InChI is InChI=1S/C20H25N7OS2/c1-29-20-24-18(26-10-3-2-4-11-26)16-13-23-27(19(16)25-20)12-9-22-17(28)14-30-15-5-7-21-8-6-15/h5-8,13H,2-4,9-12,14H2,1H3,(H,22,28). The third-order valence-corrected chi connectivity index (χ3v) is 6.52. The van der Waals surface area contributed by atoms with E-state index in [1.165, 1.54) is 31.0 Å². The highest BCUT2D eigenvalue weighted by Crippen LogP contribution is 2.28. The molecular weight excluding hydrogens is 418 g/mol. The van der Waals surface area contributed by atoms with E-state index in [0.29, 0.717) is 18.8 Å². The Morgan fingerprint density at radius 2 is 1.97 bits per heavy atom. The first kappa shape index (κ1) is 20.9. The van der Waals surface area contributed by atoms with Gasteiger partial charge in [-0.05, 0) is 37.7 Å². The van der Waals surface area contributed by atoms with E-state index in [2.05, 4.69) is 25.3 Å².